The van der Waals surface area contributed by atoms with E-state index in [0.717, 1.165) is 0 Å². The summed E-state index contributed by atoms with van der Waals surface area (Å²) in [6.07, 6.45) is 2.92. The molecule has 1 aliphatic rings. The maximum absolute atomic E-state index is 13.0. The van der Waals surface area contributed by atoms with Crippen molar-refractivity contribution < 1.29 is 27.4 Å². The fraction of sp³-hybridized carbons (Fsp3) is 0.348. The van der Waals surface area contributed by atoms with Crippen molar-refractivity contribution in [1.82, 2.24) is 4.31 Å². The van der Waals surface area contributed by atoms with Gasteiger partial charge in [-0.2, -0.15) is 4.31 Å². The second-order valence-electron chi connectivity index (χ2n) is 7.29. The lowest BCUT2D eigenvalue weighted by atomic mass is 10.1. The number of ether oxygens (including phenoxy) is 3. The van der Waals surface area contributed by atoms with Gasteiger partial charge in [-0.1, -0.05) is 17.7 Å². The molecular formula is C23H27ClN2O6S. The molecule has 8 nitrogen and oxygen atoms in total. The third-order valence-corrected chi connectivity index (χ3v) is 7.33. The van der Waals surface area contributed by atoms with Gasteiger partial charge in [-0.05, 0) is 55.3 Å². The number of anilines is 1. The van der Waals surface area contributed by atoms with Gasteiger partial charge in [0, 0.05) is 24.9 Å². The first-order chi connectivity index (χ1) is 15.8. The van der Waals surface area contributed by atoms with E-state index in [0.29, 0.717) is 66.2 Å². The number of methoxy groups -OCH3 is 1. The highest BCUT2D eigenvalue weighted by atomic mass is 35.5. The lowest BCUT2D eigenvalue weighted by Gasteiger charge is -2.26. The molecule has 2 aromatic rings. The van der Waals surface area contributed by atoms with Crippen molar-refractivity contribution in [2.24, 2.45) is 0 Å². The number of carbonyl (C=O) groups is 1. The highest BCUT2D eigenvalue weighted by molar-refractivity contribution is 7.89. The van der Waals surface area contributed by atoms with E-state index in [1.807, 2.05) is 6.92 Å². The van der Waals surface area contributed by atoms with Crippen LogP contribution in [-0.2, 0) is 19.6 Å². The Labute approximate surface area is 199 Å². The lowest BCUT2D eigenvalue weighted by molar-refractivity contribution is -0.111. The second kappa shape index (κ2) is 11.0. The average molecular weight is 495 g/mol. The number of morpholine rings is 1. The molecule has 1 heterocycles. The molecule has 33 heavy (non-hydrogen) atoms. The number of nitrogens with zero attached hydrogens (tertiary/aromatic N) is 1. The highest BCUT2D eigenvalue weighted by Crippen LogP contribution is 2.36. The Balaban J connectivity index is 1.77. The molecule has 10 heteroatoms. The van der Waals surface area contributed by atoms with Crippen molar-refractivity contribution >= 4 is 39.3 Å². The molecule has 0 spiro atoms. The van der Waals surface area contributed by atoms with Crippen LogP contribution in [-0.4, -0.2) is 58.7 Å². The van der Waals surface area contributed by atoms with Crippen molar-refractivity contribution in [3.05, 3.63) is 52.6 Å². The zero-order valence-corrected chi connectivity index (χ0v) is 20.3. The van der Waals surface area contributed by atoms with Crippen LogP contribution in [0.15, 0.2) is 41.3 Å². The van der Waals surface area contributed by atoms with Gasteiger partial charge in [-0.3, -0.25) is 4.79 Å². The van der Waals surface area contributed by atoms with Crippen LogP contribution < -0.4 is 14.8 Å². The molecule has 0 aliphatic carbocycles. The van der Waals surface area contributed by atoms with Gasteiger partial charge in [-0.15, -0.1) is 0 Å². The molecule has 1 fully saturated rings. The van der Waals surface area contributed by atoms with Crippen LogP contribution in [0.25, 0.3) is 6.08 Å². The molecule has 0 aromatic heterocycles. The minimum absolute atomic E-state index is 0.162. The molecule has 1 N–H and O–H groups in total. The van der Waals surface area contributed by atoms with Crippen LogP contribution in [0.5, 0.6) is 11.5 Å². The SMILES string of the molecule is CCOc1cc(/C=C/C(=O)Nc2ccc(C)c(S(=O)(=O)N3CCOCC3)c2)cc(Cl)c1OC. The summed E-state index contributed by atoms with van der Waals surface area (Å²) >= 11 is 6.25. The van der Waals surface area contributed by atoms with E-state index in [9.17, 15) is 13.2 Å². The average Bonchev–Trinajstić information content (AvgIpc) is 2.79. The van der Waals surface area contributed by atoms with E-state index in [4.69, 9.17) is 25.8 Å². The predicted octanol–water partition coefficient (Wildman–Crippen LogP) is 3.73. The predicted molar refractivity (Wildman–Crippen MR) is 128 cm³/mol. The Bertz CT molecular complexity index is 1140. The van der Waals surface area contributed by atoms with E-state index in [-0.39, 0.29) is 4.90 Å². The van der Waals surface area contributed by atoms with E-state index in [2.05, 4.69) is 5.32 Å². The first kappa shape index (κ1) is 25.0. The summed E-state index contributed by atoms with van der Waals surface area (Å²) in [6, 6.07) is 8.19. The van der Waals surface area contributed by atoms with Gasteiger partial charge in [-0.25, -0.2) is 8.42 Å². The van der Waals surface area contributed by atoms with Crippen LogP contribution >= 0.6 is 11.6 Å². The van der Waals surface area contributed by atoms with Crippen molar-refractivity contribution in [3.63, 3.8) is 0 Å². The fourth-order valence-corrected chi connectivity index (χ4v) is 5.34. The maximum Gasteiger partial charge on any atom is 0.248 e. The molecule has 1 amide bonds. The molecule has 1 aliphatic heterocycles. The van der Waals surface area contributed by atoms with Crippen molar-refractivity contribution in [2.45, 2.75) is 18.7 Å². The Morgan fingerprint density at radius 2 is 1.97 bits per heavy atom. The Kier molecular flexibility index (Phi) is 8.36. The third-order valence-electron chi connectivity index (χ3n) is 5.01. The smallest absolute Gasteiger partial charge is 0.248 e. The summed E-state index contributed by atoms with van der Waals surface area (Å²) in [7, 11) is -2.18. The zero-order chi connectivity index (χ0) is 24.0. The van der Waals surface area contributed by atoms with Crippen LogP contribution in [0.4, 0.5) is 5.69 Å². The number of nitrogens with one attached hydrogen (secondary N) is 1. The fourth-order valence-electron chi connectivity index (χ4n) is 3.38. The minimum Gasteiger partial charge on any atom is -0.491 e. The van der Waals surface area contributed by atoms with Gasteiger partial charge in [0.15, 0.2) is 11.5 Å². The Morgan fingerprint density at radius 1 is 1.24 bits per heavy atom. The molecule has 0 saturated carbocycles. The van der Waals surface area contributed by atoms with Crippen LogP contribution in [0.3, 0.4) is 0 Å². The quantitative estimate of drug-likeness (QED) is 0.562. The van der Waals surface area contributed by atoms with Crippen LogP contribution in [0, 0.1) is 6.92 Å². The minimum atomic E-state index is -3.68. The summed E-state index contributed by atoms with van der Waals surface area (Å²) in [5.74, 6) is 0.483. The standard InChI is InChI=1S/C23H27ClN2O6S/c1-4-32-20-14-17(13-19(24)23(20)30-3)6-8-22(27)25-18-7-5-16(2)21(15-18)33(28,29)26-9-11-31-12-10-26/h5-8,13-15H,4,9-12H2,1-3H3,(H,25,27)/b8-6+. The molecule has 0 atom stereocenters. The summed E-state index contributed by atoms with van der Waals surface area (Å²) in [6.45, 7) is 5.33. The zero-order valence-electron chi connectivity index (χ0n) is 18.8. The summed E-state index contributed by atoms with van der Waals surface area (Å²) in [5.41, 5.74) is 1.63. The number of sulfonamides is 1. The van der Waals surface area contributed by atoms with Gasteiger partial charge in [0.1, 0.15) is 0 Å². The van der Waals surface area contributed by atoms with E-state index in [1.165, 1.54) is 23.6 Å². The van der Waals surface area contributed by atoms with Gasteiger partial charge >= 0.3 is 0 Å². The molecule has 0 unspecified atom stereocenters. The first-order valence-electron chi connectivity index (χ1n) is 10.4. The van der Waals surface area contributed by atoms with Crippen molar-refractivity contribution in [1.29, 1.82) is 0 Å². The van der Waals surface area contributed by atoms with E-state index < -0.39 is 15.9 Å². The van der Waals surface area contributed by atoms with Crippen molar-refractivity contribution in [2.75, 3.05) is 45.3 Å². The summed E-state index contributed by atoms with van der Waals surface area (Å²) in [4.78, 5) is 12.7. The number of rotatable bonds is 8. The van der Waals surface area contributed by atoms with Gasteiger partial charge < -0.3 is 19.5 Å². The van der Waals surface area contributed by atoms with Gasteiger partial charge in [0.25, 0.3) is 0 Å². The molecule has 1 saturated heterocycles. The second-order valence-corrected chi connectivity index (χ2v) is 9.60. The number of carbonyl (C=O) groups excluding carboxylic acids is 1. The van der Waals surface area contributed by atoms with Gasteiger partial charge in [0.05, 0.1) is 36.8 Å². The summed E-state index contributed by atoms with van der Waals surface area (Å²) < 4.78 is 43.5. The molecule has 0 bridgehead atoms. The van der Waals surface area contributed by atoms with Crippen LogP contribution in [0.2, 0.25) is 5.02 Å². The monoisotopic (exact) mass is 494 g/mol. The van der Waals surface area contributed by atoms with E-state index >= 15 is 0 Å². The number of halogens is 1. The number of hydrogen-bond donors (Lipinski definition) is 1. The first-order valence-corrected chi connectivity index (χ1v) is 12.3. The molecular weight excluding hydrogens is 468 g/mol. The van der Waals surface area contributed by atoms with E-state index in [1.54, 1.807) is 37.3 Å². The molecule has 178 valence electrons. The number of benzene rings is 2. The lowest BCUT2D eigenvalue weighted by Crippen LogP contribution is -2.40. The number of amides is 1. The summed E-state index contributed by atoms with van der Waals surface area (Å²) in [5, 5.41) is 3.07. The third kappa shape index (κ3) is 6.05. The van der Waals surface area contributed by atoms with Crippen molar-refractivity contribution in [3.8, 4) is 11.5 Å². The molecule has 3 rings (SSSR count). The number of hydrogen-bond acceptors (Lipinski definition) is 6. The maximum atomic E-state index is 13.0. The largest absolute Gasteiger partial charge is 0.491 e. The topological polar surface area (TPSA) is 94.2 Å². The Hall–Kier alpha value is -2.59. The molecule has 0 radical (unpaired) electrons. The highest BCUT2D eigenvalue weighted by Gasteiger charge is 2.28. The number of aryl methyl sites for hydroxylation is 1. The van der Waals surface area contributed by atoms with Crippen LogP contribution in [0.1, 0.15) is 18.1 Å². The Morgan fingerprint density at radius 3 is 2.64 bits per heavy atom. The molecule has 2 aromatic carbocycles. The normalized spacial score (nSPS) is 14.9. The van der Waals surface area contributed by atoms with Gasteiger partial charge in [0.2, 0.25) is 15.9 Å².